The van der Waals surface area contributed by atoms with Gasteiger partial charge in [-0.05, 0) is 23.8 Å². The molecule has 9 nitrogen and oxygen atoms in total. The van der Waals surface area contributed by atoms with Gasteiger partial charge in [0, 0.05) is 24.1 Å². The number of esters is 1. The fraction of sp³-hybridized carbons (Fsp3) is 0.190. The molecule has 1 N–H and O–H groups in total. The van der Waals surface area contributed by atoms with Crippen LogP contribution in [0, 0.1) is 10.1 Å². The number of para-hydroxylation sites is 1. The van der Waals surface area contributed by atoms with E-state index in [1.807, 2.05) is 12.1 Å². The van der Waals surface area contributed by atoms with E-state index in [0.717, 1.165) is 5.39 Å². The van der Waals surface area contributed by atoms with Gasteiger partial charge in [0.15, 0.2) is 5.75 Å². The molecular weight excluding hydrogens is 390 g/mol. The number of ether oxygens (including phenoxy) is 2. The van der Waals surface area contributed by atoms with Crippen LogP contribution in [0.4, 0.5) is 5.69 Å². The van der Waals surface area contributed by atoms with Gasteiger partial charge in [0.05, 0.1) is 30.2 Å². The third kappa shape index (κ3) is 4.35. The summed E-state index contributed by atoms with van der Waals surface area (Å²) < 4.78 is 9.79. The topological polar surface area (TPSA) is 121 Å². The summed E-state index contributed by atoms with van der Waals surface area (Å²) in [6.07, 6.45) is 1.58. The van der Waals surface area contributed by atoms with Gasteiger partial charge < -0.3 is 14.8 Å². The van der Waals surface area contributed by atoms with Crippen LogP contribution in [0.5, 0.6) is 5.75 Å². The molecule has 0 fully saturated rings. The molecule has 154 valence electrons. The second-order valence-corrected chi connectivity index (χ2v) is 6.40. The molecule has 0 spiro atoms. The second kappa shape index (κ2) is 8.99. The molecule has 1 heterocycles. The van der Waals surface area contributed by atoms with Crippen molar-refractivity contribution in [3.8, 4) is 5.75 Å². The van der Waals surface area contributed by atoms with Crippen molar-refractivity contribution in [3.05, 3.63) is 76.0 Å². The van der Waals surface area contributed by atoms with Crippen molar-refractivity contribution in [1.82, 2.24) is 10.3 Å². The Morgan fingerprint density at radius 3 is 2.63 bits per heavy atom. The van der Waals surface area contributed by atoms with Gasteiger partial charge >= 0.3 is 11.7 Å². The minimum Gasteiger partial charge on any atom is -0.490 e. The summed E-state index contributed by atoms with van der Waals surface area (Å²) in [5, 5.41) is 14.7. The van der Waals surface area contributed by atoms with E-state index in [1.165, 1.54) is 26.4 Å². The number of nitrogens with one attached hydrogen (secondary N) is 1. The smallest absolute Gasteiger partial charge is 0.328 e. The first-order valence-corrected chi connectivity index (χ1v) is 8.98. The number of nitro benzene ring substituents is 1. The third-order valence-electron chi connectivity index (χ3n) is 4.55. The number of nitrogens with zero attached hydrogens (tertiary/aromatic N) is 2. The van der Waals surface area contributed by atoms with E-state index in [9.17, 15) is 19.7 Å². The minimum absolute atomic E-state index is 0.00143. The number of hydrogen-bond acceptors (Lipinski definition) is 7. The van der Waals surface area contributed by atoms with Crippen molar-refractivity contribution in [1.29, 1.82) is 0 Å². The monoisotopic (exact) mass is 409 g/mol. The maximum absolute atomic E-state index is 12.9. The molecule has 1 aromatic heterocycles. The van der Waals surface area contributed by atoms with Crippen LogP contribution in [0.3, 0.4) is 0 Å². The maximum Gasteiger partial charge on any atom is 0.328 e. The molecule has 0 saturated heterocycles. The standard InChI is InChI=1S/C21H19N3O6/c1-29-18-9-8-13(12-17(18)24(27)28)11-16(21(26)30-2)23-20(25)15-7-3-5-14-6-4-10-22-19(14)15/h3-10,12,16H,11H2,1-2H3,(H,23,25)/t16-/m1/s1. The van der Waals surface area contributed by atoms with Crippen molar-refractivity contribution >= 4 is 28.5 Å². The number of rotatable bonds is 7. The average Bonchev–Trinajstić information content (AvgIpc) is 2.77. The Morgan fingerprint density at radius 2 is 1.93 bits per heavy atom. The second-order valence-electron chi connectivity index (χ2n) is 6.40. The van der Waals surface area contributed by atoms with Crippen LogP contribution < -0.4 is 10.1 Å². The third-order valence-corrected chi connectivity index (χ3v) is 4.55. The van der Waals surface area contributed by atoms with Gasteiger partial charge in [0.1, 0.15) is 6.04 Å². The summed E-state index contributed by atoms with van der Waals surface area (Å²) in [4.78, 5) is 40.1. The molecule has 9 heteroatoms. The highest BCUT2D eigenvalue weighted by Crippen LogP contribution is 2.28. The van der Waals surface area contributed by atoms with Gasteiger partial charge in [0.25, 0.3) is 5.91 Å². The number of hydrogen-bond donors (Lipinski definition) is 1. The molecular formula is C21H19N3O6. The molecule has 3 aromatic rings. The summed E-state index contributed by atoms with van der Waals surface area (Å²) >= 11 is 0. The van der Waals surface area contributed by atoms with Gasteiger partial charge in [-0.3, -0.25) is 19.9 Å². The van der Waals surface area contributed by atoms with Crippen LogP contribution in [0.2, 0.25) is 0 Å². The Balaban J connectivity index is 1.88. The molecule has 0 aliphatic rings. The maximum atomic E-state index is 12.9. The number of methoxy groups -OCH3 is 2. The molecule has 0 saturated carbocycles. The number of pyridine rings is 1. The first-order chi connectivity index (χ1) is 14.4. The van der Waals surface area contributed by atoms with E-state index in [2.05, 4.69) is 10.3 Å². The largest absolute Gasteiger partial charge is 0.490 e. The van der Waals surface area contributed by atoms with Crippen molar-refractivity contribution < 1.29 is 24.0 Å². The van der Waals surface area contributed by atoms with Crippen LogP contribution in [0.1, 0.15) is 15.9 Å². The predicted octanol–water partition coefficient (Wildman–Crippen LogP) is 2.67. The van der Waals surface area contributed by atoms with Crippen LogP contribution in [0.25, 0.3) is 10.9 Å². The van der Waals surface area contributed by atoms with E-state index < -0.39 is 22.8 Å². The summed E-state index contributed by atoms with van der Waals surface area (Å²) in [6.45, 7) is 0. The van der Waals surface area contributed by atoms with Crippen molar-refractivity contribution in [2.24, 2.45) is 0 Å². The lowest BCUT2D eigenvalue weighted by atomic mass is 10.0. The molecule has 0 aliphatic heterocycles. The van der Waals surface area contributed by atoms with Gasteiger partial charge in [-0.2, -0.15) is 0 Å². The van der Waals surface area contributed by atoms with Crippen molar-refractivity contribution in [2.45, 2.75) is 12.5 Å². The van der Waals surface area contributed by atoms with E-state index in [-0.39, 0.29) is 17.9 Å². The van der Waals surface area contributed by atoms with Crippen molar-refractivity contribution in [2.75, 3.05) is 14.2 Å². The Labute approximate surface area is 171 Å². The first kappa shape index (κ1) is 20.7. The summed E-state index contributed by atoms with van der Waals surface area (Å²) in [6, 6.07) is 12.0. The van der Waals surface area contributed by atoms with Gasteiger partial charge in [-0.25, -0.2) is 4.79 Å². The average molecular weight is 409 g/mol. The molecule has 1 atom stereocenters. The number of aromatic nitrogens is 1. The quantitative estimate of drug-likeness (QED) is 0.362. The van der Waals surface area contributed by atoms with Crippen LogP contribution in [-0.2, 0) is 16.0 Å². The fourth-order valence-electron chi connectivity index (χ4n) is 3.10. The van der Waals surface area contributed by atoms with E-state index >= 15 is 0 Å². The molecule has 0 radical (unpaired) electrons. The van der Waals surface area contributed by atoms with Gasteiger partial charge in [-0.1, -0.05) is 24.3 Å². The minimum atomic E-state index is -1.05. The molecule has 0 bridgehead atoms. The van der Waals surface area contributed by atoms with Crippen LogP contribution in [-0.4, -0.2) is 42.0 Å². The summed E-state index contributed by atoms with van der Waals surface area (Å²) in [5.41, 5.74) is 1.04. The Hall–Kier alpha value is -4.01. The highest BCUT2D eigenvalue weighted by atomic mass is 16.6. The molecule has 1 amide bonds. The fourth-order valence-corrected chi connectivity index (χ4v) is 3.10. The number of fused-ring (bicyclic) bond motifs is 1. The number of carbonyl (C=O) groups excluding carboxylic acids is 2. The number of amides is 1. The zero-order valence-corrected chi connectivity index (χ0v) is 16.3. The number of nitro groups is 1. The van der Waals surface area contributed by atoms with E-state index in [1.54, 1.807) is 30.5 Å². The first-order valence-electron chi connectivity index (χ1n) is 8.98. The highest BCUT2D eigenvalue weighted by Gasteiger charge is 2.25. The number of benzene rings is 2. The van der Waals surface area contributed by atoms with Crippen molar-refractivity contribution in [3.63, 3.8) is 0 Å². The molecule has 30 heavy (non-hydrogen) atoms. The zero-order chi connectivity index (χ0) is 21.7. The van der Waals surface area contributed by atoms with Gasteiger partial charge in [0.2, 0.25) is 0 Å². The number of carbonyl (C=O) groups is 2. The van der Waals surface area contributed by atoms with E-state index in [0.29, 0.717) is 16.6 Å². The zero-order valence-electron chi connectivity index (χ0n) is 16.3. The molecule has 0 unspecified atom stereocenters. The van der Waals surface area contributed by atoms with Crippen LogP contribution in [0.15, 0.2) is 54.7 Å². The molecule has 3 rings (SSSR count). The Bertz CT molecular complexity index is 1110. The Kier molecular flexibility index (Phi) is 6.21. The SMILES string of the molecule is COC(=O)[C@@H](Cc1ccc(OC)c([N+](=O)[O-])c1)NC(=O)c1cccc2cccnc12. The van der Waals surface area contributed by atoms with Crippen LogP contribution >= 0.6 is 0 Å². The predicted molar refractivity (Wildman–Crippen MR) is 108 cm³/mol. The lowest BCUT2D eigenvalue weighted by Crippen LogP contribution is -2.43. The lowest BCUT2D eigenvalue weighted by molar-refractivity contribution is -0.385. The van der Waals surface area contributed by atoms with Gasteiger partial charge in [-0.15, -0.1) is 0 Å². The molecule has 0 aliphatic carbocycles. The van der Waals surface area contributed by atoms with E-state index in [4.69, 9.17) is 9.47 Å². The lowest BCUT2D eigenvalue weighted by Gasteiger charge is -2.17. The Morgan fingerprint density at radius 1 is 1.17 bits per heavy atom. The summed E-state index contributed by atoms with van der Waals surface area (Å²) in [5.74, 6) is -1.07. The molecule has 2 aromatic carbocycles. The highest BCUT2D eigenvalue weighted by molar-refractivity contribution is 6.06. The normalized spacial score (nSPS) is 11.5. The summed E-state index contributed by atoms with van der Waals surface area (Å²) in [7, 11) is 2.54.